The minimum absolute atomic E-state index is 0.137. The number of hydrogen-bond acceptors (Lipinski definition) is 3. The lowest BCUT2D eigenvalue weighted by Gasteiger charge is -2.40. The third-order valence-corrected chi connectivity index (χ3v) is 4.02. The van der Waals surface area contributed by atoms with E-state index in [0.29, 0.717) is 5.41 Å². The molecule has 1 aromatic carbocycles. The Balaban J connectivity index is 0.000000191. The zero-order valence-corrected chi connectivity index (χ0v) is 12.3. The Labute approximate surface area is 115 Å². The maximum Gasteiger partial charge on any atom is 0.269 e. The standard InChI is InChI=1S/C9H19N.C6H5NO2/c1-8-7-10(4)6-5-9(8,2)3;8-7(9)6-4-2-1-3-5-6/h8H,5-7H2,1-4H3;1-5H. The molecule has 0 spiro atoms. The molecule has 1 fully saturated rings. The summed E-state index contributed by atoms with van der Waals surface area (Å²) >= 11 is 0. The Bertz CT molecular complexity index is 404. The van der Waals surface area contributed by atoms with Crippen molar-refractivity contribution in [3.05, 3.63) is 40.4 Å². The van der Waals surface area contributed by atoms with Crippen molar-refractivity contribution in [1.82, 2.24) is 4.90 Å². The number of likely N-dealkylation sites (tertiary alicyclic amines) is 1. The summed E-state index contributed by atoms with van der Waals surface area (Å²) in [7, 11) is 2.21. The van der Waals surface area contributed by atoms with Crippen molar-refractivity contribution in [3.63, 3.8) is 0 Å². The quantitative estimate of drug-likeness (QED) is 0.575. The molecule has 1 aliphatic heterocycles. The van der Waals surface area contributed by atoms with Crippen LogP contribution in [0.4, 0.5) is 5.69 Å². The van der Waals surface area contributed by atoms with Crippen molar-refractivity contribution >= 4 is 5.69 Å². The molecular weight excluding hydrogens is 240 g/mol. The third kappa shape index (κ3) is 4.99. The molecule has 1 heterocycles. The van der Waals surface area contributed by atoms with Crippen LogP contribution < -0.4 is 0 Å². The van der Waals surface area contributed by atoms with Crippen LogP contribution in [0.1, 0.15) is 27.2 Å². The van der Waals surface area contributed by atoms with Gasteiger partial charge < -0.3 is 4.90 Å². The molecule has 0 amide bonds. The molecule has 19 heavy (non-hydrogen) atoms. The number of nitrogens with zero attached hydrogens (tertiary/aromatic N) is 2. The average Bonchev–Trinajstić information content (AvgIpc) is 2.37. The zero-order chi connectivity index (χ0) is 14.5. The summed E-state index contributed by atoms with van der Waals surface area (Å²) in [5.41, 5.74) is 0.712. The van der Waals surface area contributed by atoms with Crippen molar-refractivity contribution in [1.29, 1.82) is 0 Å². The highest BCUT2D eigenvalue weighted by Crippen LogP contribution is 2.34. The fraction of sp³-hybridized carbons (Fsp3) is 0.600. The van der Waals surface area contributed by atoms with E-state index in [1.54, 1.807) is 18.2 Å². The first-order valence-electron chi connectivity index (χ1n) is 6.71. The fourth-order valence-corrected chi connectivity index (χ4v) is 2.08. The van der Waals surface area contributed by atoms with Gasteiger partial charge in [-0.15, -0.1) is 0 Å². The van der Waals surface area contributed by atoms with Gasteiger partial charge in [0.25, 0.3) is 5.69 Å². The predicted octanol–water partition coefficient (Wildman–Crippen LogP) is 3.58. The molecule has 0 aromatic heterocycles. The second-order valence-corrected chi connectivity index (χ2v) is 5.99. The number of hydrogen-bond donors (Lipinski definition) is 0. The Hall–Kier alpha value is -1.42. The molecule has 1 atom stereocenters. The van der Waals surface area contributed by atoms with Crippen molar-refractivity contribution in [3.8, 4) is 0 Å². The Morgan fingerprint density at radius 2 is 1.89 bits per heavy atom. The van der Waals surface area contributed by atoms with Crippen LogP contribution in [-0.2, 0) is 0 Å². The molecule has 0 radical (unpaired) electrons. The maximum atomic E-state index is 10.0. The van der Waals surface area contributed by atoms with Gasteiger partial charge in [0.2, 0.25) is 0 Å². The van der Waals surface area contributed by atoms with E-state index in [4.69, 9.17) is 0 Å². The van der Waals surface area contributed by atoms with Crippen LogP contribution >= 0.6 is 0 Å². The van der Waals surface area contributed by atoms with Gasteiger partial charge in [0.1, 0.15) is 0 Å². The topological polar surface area (TPSA) is 46.4 Å². The number of benzene rings is 1. The second kappa shape index (κ2) is 6.66. The summed E-state index contributed by atoms with van der Waals surface area (Å²) in [6.45, 7) is 9.66. The summed E-state index contributed by atoms with van der Waals surface area (Å²) in [5.74, 6) is 0.853. The van der Waals surface area contributed by atoms with Gasteiger partial charge in [-0.25, -0.2) is 0 Å². The molecular formula is C15H24N2O2. The largest absolute Gasteiger partial charge is 0.306 e. The van der Waals surface area contributed by atoms with Gasteiger partial charge in [-0.1, -0.05) is 39.0 Å². The molecule has 1 saturated heterocycles. The zero-order valence-electron chi connectivity index (χ0n) is 12.3. The lowest BCUT2D eigenvalue weighted by molar-refractivity contribution is -0.384. The summed E-state index contributed by atoms with van der Waals surface area (Å²) in [4.78, 5) is 12.0. The predicted molar refractivity (Wildman–Crippen MR) is 78.2 cm³/mol. The van der Waals surface area contributed by atoms with Gasteiger partial charge in [0.15, 0.2) is 0 Å². The van der Waals surface area contributed by atoms with Crippen molar-refractivity contribution in [2.75, 3.05) is 20.1 Å². The lowest BCUT2D eigenvalue weighted by Crippen LogP contribution is -2.41. The van der Waals surface area contributed by atoms with E-state index in [9.17, 15) is 10.1 Å². The molecule has 106 valence electrons. The third-order valence-electron chi connectivity index (χ3n) is 4.02. The number of nitro benzene ring substituents is 1. The first-order chi connectivity index (χ1) is 8.83. The second-order valence-electron chi connectivity index (χ2n) is 5.99. The monoisotopic (exact) mass is 264 g/mol. The van der Waals surface area contributed by atoms with E-state index in [0.717, 1.165) is 5.92 Å². The van der Waals surface area contributed by atoms with Crippen LogP contribution in [0.3, 0.4) is 0 Å². The summed E-state index contributed by atoms with van der Waals surface area (Å²) < 4.78 is 0. The highest BCUT2D eigenvalue weighted by atomic mass is 16.6. The normalized spacial score (nSPS) is 22.2. The van der Waals surface area contributed by atoms with E-state index < -0.39 is 4.92 Å². The number of para-hydroxylation sites is 1. The van der Waals surface area contributed by atoms with Crippen LogP contribution in [0.15, 0.2) is 30.3 Å². The molecule has 4 nitrogen and oxygen atoms in total. The highest BCUT2D eigenvalue weighted by molar-refractivity contribution is 5.27. The van der Waals surface area contributed by atoms with E-state index in [2.05, 4.69) is 32.7 Å². The minimum atomic E-state index is -0.417. The van der Waals surface area contributed by atoms with Gasteiger partial charge in [0, 0.05) is 18.7 Å². The smallest absolute Gasteiger partial charge is 0.269 e. The van der Waals surface area contributed by atoms with E-state index in [1.165, 1.54) is 31.6 Å². The Morgan fingerprint density at radius 1 is 1.32 bits per heavy atom. The number of rotatable bonds is 1. The molecule has 2 rings (SSSR count). The summed E-state index contributed by atoms with van der Waals surface area (Å²) in [6.07, 6.45) is 1.35. The van der Waals surface area contributed by atoms with Crippen LogP contribution in [0.2, 0.25) is 0 Å². The van der Waals surface area contributed by atoms with Gasteiger partial charge >= 0.3 is 0 Å². The molecule has 0 bridgehead atoms. The van der Waals surface area contributed by atoms with Crippen molar-refractivity contribution in [2.45, 2.75) is 27.2 Å². The summed E-state index contributed by atoms with van der Waals surface area (Å²) in [5, 5.41) is 10.0. The number of piperidine rings is 1. The van der Waals surface area contributed by atoms with Crippen molar-refractivity contribution in [2.24, 2.45) is 11.3 Å². The molecule has 0 saturated carbocycles. The molecule has 4 heteroatoms. The average molecular weight is 264 g/mol. The fourth-order valence-electron chi connectivity index (χ4n) is 2.08. The first-order valence-corrected chi connectivity index (χ1v) is 6.71. The van der Waals surface area contributed by atoms with E-state index in [-0.39, 0.29) is 5.69 Å². The molecule has 1 aliphatic rings. The molecule has 1 aromatic rings. The van der Waals surface area contributed by atoms with E-state index in [1.807, 2.05) is 0 Å². The molecule has 1 unspecified atom stereocenters. The van der Waals surface area contributed by atoms with E-state index >= 15 is 0 Å². The first kappa shape index (κ1) is 15.6. The van der Waals surface area contributed by atoms with Gasteiger partial charge in [-0.05, 0) is 31.3 Å². The number of non-ortho nitro benzene ring substituents is 1. The summed E-state index contributed by atoms with van der Waals surface area (Å²) in [6, 6.07) is 7.93. The molecule has 0 N–H and O–H groups in total. The van der Waals surface area contributed by atoms with Gasteiger partial charge in [-0.3, -0.25) is 10.1 Å². The Kier molecular flexibility index (Phi) is 5.48. The van der Waals surface area contributed by atoms with Crippen molar-refractivity contribution < 1.29 is 4.92 Å². The Morgan fingerprint density at radius 3 is 2.26 bits per heavy atom. The number of nitro groups is 1. The highest BCUT2D eigenvalue weighted by Gasteiger charge is 2.30. The van der Waals surface area contributed by atoms with Crippen LogP contribution in [0.25, 0.3) is 0 Å². The van der Waals surface area contributed by atoms with Crippen LogP contribution in [-0.4, -0.2) is 30.0 Å². The SMILES string of the molecule is CC1CN(C)CCC1(C)C.O=[N+]([O-])c1ccccc1. The van der Waals surface area contributed by atoms with Crippen LogP contribution in [0.5, 0.6) is 0 Å². The lowest BCUT2D eigenvalue weighted by atomic mass is 9.74. The molecule has 0 aliphatic carbocycles. The maximum absolute atomic E-state index is 10.0. The minimum Gasteiger partial charge on any atom is -0.306 e. The van der Waals surface area contributed by atoms with Crippen LogP contribution in [0, 0.1) is 21.4 Å². The van der Waals surface area contributed by atoms with Gasteiger partial charge in [-0.2, -0.15) is 0 Å². The van der Waals surface area contributed by atoms with Gasteiger partial charge in [0.05, 0.1) is 4.92 Å².